The van der Waals surface area contributed by atoms with E-state index < -0.39 is 36.0 Å². The molecule has 5 aromatic rings. The van der Waals surface area contributed by atoms with Gasteiger partial charge in [0.15, 0.2) is 28.9 Å². The van der Waals surface area contributed by atoms with E-state index in [-0.39, 0.29) is 41.8 Å². The molecule has 3 fully saturated rings. The van der Waals surface area contributed by atoms with Gasteiger partial charge in [-0.05, 0) is 31.0 Å². The Labute approximate surface area is 277 Å². The maximum absolute atomic E-state index is 14.0. The number of aliphatic carboxylic acids is 1. The molecular formula is C34H30F2N6O7. The fourth-order valence-corrected chi connectivity index (χ4v) is 6.66. The topological polar surface area (TPSA) is 149 Å². The Bertz CT molecular complexity index is 2140. The van der Waals surface area contributed by atoms with Gasteiger partial charge in [-0.3, -0.25) is 0 Å². The van der Waals surface area contributed by atoms with Gasteiger partial charge in [0.05, 0.1) is 38.6 Å². The van der Waals surface area contributed by atoms with Crippen LogP contribution >= 0.6 is 0 Å². The van der Waals surface area contributed by atoms with Crippen LogP contribution in [0, 0.1) is 18.8 Å². The third-order valence-electron chi connectivity index (χ3n) is 9.25. The lowest BCUT2D eigenvalue weighted by Gasteiger charge is -2.53. The minimum absolute atomic E-state index is 0.00671. The van der Waals surface area contributed by atoms with Crippen molar-refractivity contribution in [2.75, 3.05) is 42.7 Å². The van der Waals surface area contributed by atoms with Gasteiger partial charge < -0.3 is 38.0 Å². The number of alkyl halides is 2. The summed E-state index contributed by atoms with van der Waals surface area (Å²) in [4.78, 5) is 33.1. The van der Waals surface area contributed by atoms with Gasteiger partial charge >= 0.3 is 5.97 Å². The first-order valence-corrected chi connectivity index (χ1v) is 15.8. The third-order valence-corrected chi connectivity index (χ3v) is 9.25. The van der Waals surface area contributed by atoms with Gasteiger partial charge in [-0.1, -0.05) is 18.1 Å². The summed E-state index contributed by atoms with van der Waals surface area (Å²) in [5.74, 6) is 5.30. The van der Waals surface area contributed by atoms with E-state index >= 15 is 0 Å². The average Bonchev–Trinajstić information content (AvgIpc) is 3.80. The van der Waals surface area contributed by atoms with E-state index in [9.17, 15) is 18.7 Å². The summed E-state index contributed by atoms with van der Waals surface area (Å²) < 4.78 is 57.8. The molecule has 7 heterocycles. The Morgan fingerprint density at radius 2 is 1.96 bits per heavy atom. The van der Waals surface area contributed by atoms with Crippen molar-refractivity contribution in [3.05, 3.63) is 65.8 Å². The lowest BCUT2D eigenvalue weighted by Crippen LogP contribution is -2.68. The molecule has 0 bridgehead atoms. The molecule has 1 aromatic carbocycles. The van der Waals surface area contributed by atoms with Crippen molar-refractivity contribution in [3.63, 3.8) is 0 Å². The van der Waals surface area contributed by atoms with Crippen LogP contribution in [0.5, 0.6) is 5.88 Å². The van der Waals surface area contributed by atoms with Crippen molar-refractivity contribution < 1.29 is 41.7 Å². The summed E-state index contributed by atoms with van der Waals surface area (Å²) in [6, 6.07) is 7.49. The second-order valence-electron chi connectivity index (χ2n) is 12.3. The van der Waals surface area contributed by atoms with Crippen molar-refractivity contribution in [2.45, 2.75) is 50.5 Å². The lowest BCUT2D eigenvalue weighted by molar-refractivity contribution is -0.228. The minimum Gasteiger partial charge on any atom is -0.480 e. The Morgan fingerprint density at radius 1 is 1.12 bits per heavy atom. The molecule has 0 radical (unpaired) electrons. The molecule has 15 heteroatoms. The molecule has 49 heavy (non-hydrogen) atoms. The molecule has 13 nitrogen and oxygen atoms in total. The van der Waals surface area contributed by atoms with E-state index in [1.165, 1.54) is 4.90 Å². The Morgan fingerprint density at radius 3 is 2.69 bits per heavy atom. The van der Waals surface area contributed by atoms with E-state index in [1.807, 2.05) is 13.0 Å². The van der Waals surface area contributed by atoms with E-state index in [2.05, 4.69) is 36.7 Å². The van der Waals surface area contributed by atoms with E-state index in [0.29, 0.717) is 60.2 Å². The van der Waals surface area contributed by atoms with Crippen molar-refractivity contribution in [3.8, 4) is 17.7 Å². The molecule has 3 atom stereocenters. The van der Waals surface area contributed by atoms with Gasteiger partial charge in [0.25, 0.3) is 6.43 Å². The molecule has 3 aliphatic rings. The molecule has 1 N–H and O–H groups in total. The number of morpholine rings is 1. The Kier molecular flexibility index (Phi) is 7.57. The summed E-state index contributed by atoms with van der Waals surface area (Å²) in [6.07, 6.45) is -0.556. The number of rotatable bonds is 6. The number of aromatic nitrogens is 4. The SMILES string of the molecule is Cc1ncc(C#Cc2cnc(O[C@H]3C[C@@H](C(=O)O)N(c4nc(C(F)F)nc5c4oc4ccccc45)C3)c(N3CCOC4(COC4)[C@@H]3C)c2)o1. The normalized spacial score (nSPS) is 21.7. The number of carbonyl (C=O) groups is 1. The third kappa shape index (κ3) is 5.46. The Hall–Kier alpha value is -5.33. The van der Waals surface area contributed by atoms with Gasteiger partial charge in [-0.15, -0.1) is 0 Å². The minimum atomic E-state index is -2.99. The maximum atomic E-state index is 14.0. The van der Waals surface area contributed by atoms with Crippen LogP contribution in [0.3, 0.4) is 0 Å². The zero-order chi connectivity index (χ0) is 33.9. The number of fused-ring (bicyclic) bond motifs is 3. The number of nitrogens with zero attached hydrogens (tertiary/aromatic N) is 6. The highest BCUT2D eigenvalue weighted by Gasteiger charge is 2.50. The number of benzene rings is 1. The number of aryl methyl sites for hydroxylation is 1. The first-order chi connectivity index (χ1) is 23.7. The predicted octanol–water partition coefficient (Wildman–Crippen LogP) is 4.51. The van der Waals surface area contributed by atoms with Gasteiger partial charge in [-0.2, -0.15) is 0 Å². The van der Waals surface area contributed by atoms with Crippen LogP contribution in [-0.2, 0) is 14.3 Å². The number of halogens is 2. The van der Waals surface area contributed by atoms with Crippen molar-refractivity contribution in [1.82, 2.24) is 19.9 Å². The number of carboxylic acids is 1. The molecular weight excluding hydrogens is 642 g/mol. The number of hydrogen-bond donors (Lipinski definition) is 1. The molecule has 0 aliphatic carbocycles. The van der Waals surface area contributed by atoms with Gasteiger partial charge in [-0.25, -0.2) is 33.5 Å². The van der Waals surface area contributed by atoms with Crippen LogP contribution < -0.4 is 14.5 Å². The summed E-state index contributed by atoms with van der Waals surface area (Å²) >= 11 is 0. The van der Waals surface area contributed by atoms with Crippen molar-refractivity contribution in [1.29, 1.82) is 0 Å². The van der Waals surface area contributed by atoms with E-state index in [0.717, 1.165) is 0 Å². The average molecular weight is 673 g/mol. The number of hydrogen-bond acceptors (Lipinski definition) is 12. The summed E-state index contributed by atoms with van der Waals surface area (Å²) in [5.41, 5.74) is 1.48. The molecule has 4 aromatic heterocycles. The summed E-state index contributed by atoms with van der Waals surface area (Å²) in [5, 5.41) is 10.8. The van der Waals surface area contributed by atoms with Crippen LogP contribution in [0.25, 0.3) is 22.1 Å². The van der Waals surface area contributed by atoms with E-state index in [1.54, 1.807) is 43.6 Å². The molecule has 3 saturated heterocycles. The molecule has 3 aliphatic heterocycles. The highest BCUT2D eigenvalue weighted by Crippen LogP contribution is 2.41. The second kappa shape index (κ2) is 12.0. The first-order valence-electron chi connectivity index (χ1n) is 15.8. The maximum Gasteiger partial charge on any atom is 0.326 e. The fourth-order valence-electron chi connectivity index (χ4n) is 6.66. The monoisotopic (exact) mass is 672 g/mol. The Balaban J connectivity index is 1.15. The highest BCUT2D eigenvalue weighted by molar-refractivity contribution is 6.06. The lowest BCUT2D eigenvalue weighted by atomic mass is 9.90. The number of anilines is 2. The molecule has 0 unspecified atom stereocenters. The van der Waals surface area contributed by atoms with Crippen LogP contribution in [0.1, 0.15) is 42.8 Å². The number of oxazole rings is 1. The van der Waals surface area contributed by atoms with Crippen LogP contribution in [0.4, 0.5) is 20.3 Å². The van der Waals surface area contributed by atoms with Crippen LogP contribution in [0.15, 0.2) is 51.6 Å². The number of para-hydroxylation sites is 1. The standard InChI is InChI=1S/C34H30F2N6O7/c1-18-34(16-45-17-34)46-10-9-41(18)24-11-20(7-8-21-14-37-19(2)47-21)13-38-32(24)48-22-12-25(33(43)44)42(15-22)31-28-27(39-30(40-31)29(35)36)23-5-3-4-6-26(23)49-28/h3-6,11,13-14,18,22,25,29H,9-10,12,15-17H2,1-2H3,(H,43,44)/t18-,22-,25-/m0/s1. The van der Waals surface area contributed by atoms with Gasteiger partial charge in [0, 0.05) is 37.0 Å². The van der Waals surface area contributed by atoms with Gasteiger partial charge in [0.2, 0.25) is 5.88 Å². The highest BCUT2D eigenvalue weighted by atomic mass is 19.3. The predicted molar refractivity (Wildman–Crippen MR) is 170 cm³/mol. The van der Waals surface area contributed by atoms with Crippen LogP contribution in [0.2, 0.25) is 0 Å². The molecule has 252 valence electrons. The summed E-state index contributed by atoms with van der Waals surface area (Å²) in [6.45, 7) is 5.68. The number of pyridine rings is 1. The number of furan rings is 1. The number of ether oxygens (including phenoxy) is 3. The zero-order valence-electron chi connectivity index (χ0n) is 26.4. The summed E-state index contributed by atoms with van der Waals surface area (Å²) in [7, 11) is 0. The second-order valence-corrected chi connectivity index (χ2v) is 12.3. The van der Waals surface area contributed by atoms with Crippen molar-refractivity contribution in [2.24, 2.45) is 0 Å². The van der Waals surface area contributed by atoms with Gasteiger partial charge in [0.1, 0.15) is 34.5 Å². The quantitative estimate of drug-likeness (QED) is 0.252. The fraction of sp³-hybridized carbons (Fsp3) is 0.382. The van der Waals surface area contributed by atoms with E-state index in [4.69, 9.17) is 23.0 Å². The molecule has 8 rings (SSSR count). The smallest absolute Gasteiger partial charge is 0.326 e. The molecule has 0 amide bonds. The largest absolute Gasteiger partial charge is 0.480 e. The molecule has 1 spiro atoms. The molecule has 0 saturated carbocycles. The van der Waals surface area contributed by atoms with Crippen LogP contribution in [-0.4, -0.2) is 87.7 Å². The first kappa shape index (κ1) is 31.0. The number of carboxylic acid groups (broad SMARTS) is 1. The van der Waals surface area contributed by atoms with Crippen molar-refractivity contribution >= 4 is 39.5 Å². The zero-order valence-corrected chi connectivity index (χ0v) is 26.4.